The van der Waals surface area contributed by atoms with Crippen LogP contribution in [0.2, 0.25) is 0 Å². The highest BCUT2D eigenvalue weighted by atomic mass is 15.2. The number of hydrogen-bond acceptors (Lipinski definition) is 7. The molecule has 1 aromatic carbocycles. The number of hydrogen-bond donors (Lipinski definition) is 1. The molecule has 0 amide bonds. The third-order valence-electron chi connectivity index (χ3n) is 7.96. The van der Waals surface area contributed by atoms with Crippen molar-refractivity contribution in [2.24, 2.45) is 0 Å². The standard InChI is InChI=1S/C31H42N8/c1-6-37(5)29-26(8-7-14-32-29)22-39-17-13-25-21-33-31(35-30(25)39)34-27-9-10-28(23(2)20-27)24-11-15-38(16-12-24)19-18-36(3)4/h7-10,13-14,17,20-21,24H,6,11-12,15-16,18-19,22H2,1-5H3,(H,33,34,35). The number of aryl methyl sites for hydroxylation is 1. The molecule has 0 aliphatic carbocycles. The molecule has 1 N–H and O–H groups in total. The van der Waals surface area contributed by atoms with Crippen molar-refractivity contribution in [1.29, 1.82) is 0 Å². The fraction of sp³-hybridized carbons (Fsp3) is 0.452. The minimum atomic E-state index is 0.612. The summed E-state index contributed by atoms with van der Waals surface area (Å²) >= 11 is 0. The van der Waals surface area contributed by atoms with E-state index >= 15 is 0 Å². The number of piperidine rings is 1. The maximum atomic E-state index is 4.90. The molecule has 1 saturated heterocycles. The highest BCUT2D eigenvalue weighted by Crippen LogP contribution is 2.32. The molecule has 206 valence electrons. The van der Waals surface area contributed by atoms with Gasteiger partial charge in [0.25, 0.3) is 0 Å². The number of benzene rings is 1. The zero-order chi connectivity index (χ0) is 27.4. The van der Waals surface area contributed by atoms with Crippen molar-refractivity contribution in [3.05, 3.63) is 71.7 Å². The molecule has 0 atom stereocenters. The summed E-state index contributed by atoms with van der Waals surface area (Å²) in [5.41, 5.74) is 5.91. The Kier molecular flexibility index (Phi) is 8.43. The topological polar surface area (TPSA) is 65.4 Å². The summed E-state index contributed by atoms with van der Waals surface area (Å²) in [6, 6.07) is 12.9. The second-order valence-corrected chi connectivity index (χ2v) is 11.0. The van der Waals surface area contributed by atoms with Gasteiger partial charge in [-0.1, -0.05) is 12.1 Å². The van der Waals surface area contributed by atoms with Gasteiger partial charge in [0, 0.05) is 61.9 Å². The molecule has 8 heteroatoms. The Morgan fingerprint density at radius 2 is 1.87 bits per heavy atom. The van der Waals surface area contributed by atoms with Crippen LogP contribution in [0, 0.1) is 6.92 Å². The summed E-state index contributed by atoms with van der Waals surface area (Å²) < 4.78 is 2.17. The molecule has 4 aromatic rings. The first-order chi connectivity index (χ1) is 18.9. The van der Waals surface area contributed by atoms with E-state index in [0.717, 1.165) is 42.2 Å². The number of nitrogens with zero attached hydrogens (tertiary/aromatic N) is 7. The Labute approximate surface area is 232 Å². The molecule has 0 bridgehead atoms. The van der Waals surface area contributed by atoms with Gasteiger partial charge in [-0.05, 0) is 95.2 Å². The van der Waals surface area contributed by atoms with Gasteiger partial charge in [-0.25, -0.2) is 9.97 Å². The van der Waals surface area contributed by atoms with Crippen molar-refractivity contribution < 1.29 is 0 Å². The molecule has 3 aromatic heterocycles. The van der Waals surface area contributed by atoms with Crippen LogP contribution in [0.1, 0.15) is 42.4 Å². The van der Waals surface area contributed by atoms with Crippen LogP contribution < -0.4 is 10.2 Å². The lowest BCUT2D eigenvalue weighted by molar-refractivity contribution is 0.193. The average molecular weight is 527 g/mol. The Morgan fingerprint density at radius 3 is 2.62 bits per heavy atom. The first-order valence-electron chi connectivity index (χ1n) is 14.1. The van der Waals surface area contributed by atoms with Crippen molar-refractivity contribution in [2.45, 2.75) is 39.2 Å². The van der Waals surface area contributed by atoms with Gasteiger partial charge in [-0.3, -0.25) is 0 Å². The molecule has 5 rings (SSSR count). The Balaban J connectivity index is 1.28. The normalized spacial score (nSPS) is 14.8. The third-order valence-corrected chi connectivity index (χ3v) is 7.96. The molecule has 1 fully saturated rings. The van der Waals surface area contributed by atoms with E-state index in [9.17, 15) is 0 Å². The number of nitrogens with one attached hydrogen (secondary N) is 1. The Hall–Kier alpha value is -3.49. The van der Waals surface area contributed by atoms with E-state index in [2.05, 4.69) is 106 Å². The van der Waals surface area contributed by atoms with Crippen molar-refractivity contribution in [2.75, 3.05) is 64.1 Å². The van der Waals surface area contributed by atoms with Crippen molar-refractivity contribution >= 4 is 28.5 Å². The summed E-state index contributed by atoms with van der Waals surface area (Å²) in [7, 11) is 6.37. The van der Waals surface area contributed by atoms with E-state index in [0.29, 0.717) is 18.4 Å². The molecular weight excluding hydrogens is 484 g/mol. The maximum absolute atomic E-state index is 4.90. The van der Waals surface area contributed by atoms with E-state index in [1.165, 1.54) is 42.6 Å². The van der Waals surface area contributed by atoms with Crippen LogP contribution in [0.4, 0.5) is 17.5 Å². The molecule has 0 unspecified atom stereocenters. The Morgan fingerprint density at radius 1 is 1.05 bits per heavy atom. The van der Waals surface area contributed by atoms with Crippen molar-refractivity contribution in [3.8, 4) is 0 Å². The molecule has 4 heterocycles. The van der Waals surface area contributed by atoms with E-state index in [1.807, 2.05) is 18.5 Å². The van der Waals surface area contributed by atoms with Crippen LogP contribution in [0.25, 0.3) is 11.0 Å². The molecule has 8 nitrogen and oxygen atoms in total. The zero-order valence-electron chi connectivity index (χ0n) is 24.1. The first-order valence-corrected chi connectivity index (χ1v) is 14.1. The first kappa shape index (κ1) is 27.1. The SMILES string of the molecule is CCN(C)c1ncccc1Cn1ccc2cnc(Nc3ccc(C4CCN(CCN(C)C)CC4)c(C)c3)nc21. The molecular formula is C31H42N8. The third kappa shape index (κ3) is 6.40. The van der Waals surface area contributed by atoms with E-state index in [-0.39, 0.29) is 0 Å². The zero-order valence-corrected chi connectivity index (χ0v) is 24.1. The lowest BCUT2D eigenvalue weighted by atomic mass is 9.86. The van der Waals surface area contributed by atoms with Gasteiger partial charge >= 0.3 is 0 Å². The van der Waals surface area contributed by atoms with Crippen molar-refractivity contribution in [3.63, 3.8) is 0 Å². The van der Waals surface area contributed by atoms with Gasteiger partial charge in [0.15, 0.2) is 0 Å². The minimum Gasteiger partial charge on any atom is -0.360 e. The van der Waals surface area contributed by atoms with Gasteiger partial charge in [0.05, 0.1) is 6.54 Å². The van der Waals surface area contributed by atoms with Crippen LogP contribution in [-0.2, 0) is 6.54 Å². The average Bonchev–Trinajstić information content (AvgIpc) is 3.34. The number of pyridine rings is 1. The quantitative estimate of drug-likeness (QED) is 0.308. The van der Waals surface area contributed by atoms with Gasteiger partial charge in [0.1, 0.15) is 11.5 Å². The predicted molar refractivity (Wildman–Crippen MR) is 161 cm³/mol. The molecule has 0 radical (unpaired) electrons. The van der Waals surface area contributed by atoms with Crippen LogP contribution in [0.5, 0.6) is 0 Å². The molecule has 1 aliphatic rings. The van der Waals surface area contributed by atoms with Gasteiger partial charge in [-0.15, -0.1) is 0 Å². The number of aromatic nitrogens is 4. The second-order valence-electron chi connectivity index (χ2n) is 11.0. The number of rotatable bonds is 10. The lowest BCUT2D eigenvalue weighted by Gasteiger charge is -2.33. The number of anilines is 3. The molecule has 0 saturated carbocycles. The summed E-state index contributed by atoms with van der Waals surface area (Å²) in [6.45, 7) is 10.6. The molecule has 39 heavy (non-hydrogen) atoms. The predicted octanol–water partition coefficient (Wildman–Crippen LogP) is 5.12. The largest absolute Gasteiger partial charge is 0.360 e. The minimum absolute atomic E-state index is 0.612. The van der Waals surface area contributed by atoms with Crippen LogP contribution in [0.15, 0.2) is 55.0 Å². The summed E-state index contributed by atoms with van der Waals surface area (Å²) in [5.74, 6) is 2.25. The Bertz CT molecular complexity index is 1390. The van der Waals surface area contributed by atoms with E-state index in [4.69, 9.17) is 4.98 Å². The summed E-state index contributed by atoms with van der Waals surface area (Å²) in [5, 5.41) is 4.48. The summed E-state index contributed by atoms with van der Waals surface area (Å²) in [6.07, 6.45) is 8.28. The van der Waals surface area contributed by atoms with Crippen LogP contribution in [0.3, 0.4) is 0 Å². The van der Waals surface area contributed by atoms with E-state index in [1.54, 1.807) is 0 Å². The van der Waals surface area contributed by atoms with Crippen molar-refractivity contribution in [1.82, 2.24) is 29.3 Å². The van der Waals surface area contributed by atoms with E-state index < -0.39 is 0 Å². The van der Waals surface area contributed by atoms with Gasteiger partial charge < -0.3 is 24.6 Å². The number of likely N-dealkylation sites (tertiary alicyclic amines) is 1. The number of likely N-dealkylation sites (N-methyl/N-ethyl adjacent to an activating group) is 1. The lowest BCUT2D eigenvalue weighted by Crippen LogP contribution is -2.37. The fourth-order valence-electron chi connectivity index (χ4n) is 5.54. The molecule has 1 aliphatic heterocycles. The number of fused-ring (bicyclic) bond motifs is 1. The smallest absolute Gasteiger partial charge is 0.229 e. The molecule has 0 spiro atoms. The van der Waals surface area contributed by atoms with Crippen LogP contribution in [-0.4, -0.2) is 83.2 Å². The van der Waals surface area contributed by atoms with Gasteiger partial charge in [0.2, 0.25) is 5.95 Å². The second kappa shape index (κ2) is 12.1. The fourth-order valence-corrected chi connectivity index (χ4v) is 5.54. The maximum Gasteiger partial charge on any atom is 0.229 e. The van der Waals surface area contributed by atoms with Gasteiger partial charge in [-0.2, -0.15) is 4.98 Å². The van der Waals surface area contributed by atoms with Crippen LogP contribution >= 0.6 is 0 Å². The highest BCUT2D eigenvalue weighted by Gasteiger charge is 2.22. The monoisotopic (exact) mass is 526 g/mol. The highest BCUT2D eigenvalue weighted by molar-refractivity contribution is 5.77. The summed E-state index contributed by atoms with van der Waals surface area (Å²) in [4.78, 5) is 21.1.